The summed E-state index contributed by atoms with van der Waals surface area (Å²) in [5.74, 6) is -2.90. The first-order chi connectivity index (χ1) is 20.8. The first-order valence-corrected chi connectivity index (χ1v) is 14.6. The van der Waals surface area contributed by atoms with Crippen LogP contribution in [-0.4, -0.2) is 31.2 Å². The van der Waals surface area contributed by atoms with Crippen molar-refractivity contribution < 1.29 is 19.1 Å². The third kappa shape index (κ3) is 7.07. The van der Waals surface area contributed by atoms with E-state index in [0.717, 1.165) is 11.1 Å². The van der Waals surface area contributed by atoms with Crippen LogP contribution in [0.2, 0.25) is 5.02 Å². The number of carbonyl (C=O) groups excluding carboxylic acids is 2. The second-order valence-electron chi connectivity index (χ2n) is 10.5. The molecule has 1 aliphatic rings. The van der Waals surface area contributed by atoms with Gasteiger partial charge in [-0.25, -0.2) is 4.79 Å². The maximum absolute atomic E-state index is 14.2. The summed E-state index contributed by atoms with van der Waals surface area (Å²) in [6, 6.07) is 28.1. The van der Waals surface area contributed by atoms with E-state index in [1.165, 1.54) is 0 Å². The molecule has 7 heteroatoms. The number of nitrogens with one attached hydrogen (secondary N) is 1. The monoisotopic (exact) mass is 594 g/mol. The lowest BCUT2D eigenvalue weighted by Gasteiger charge is -2.49. The van der Waals surface area contributed by atoms with Gasteiger partial charge < -0.3 is 14.8 Å². The van der Waals surface area contributed by atoms with Crippen molar-refractivity contribution >= 4 is 35.7 Å². The normalized spacial score (nSPS) is 20.8. The lowest BCUT2D eigenvalue weighted by Crippen LogP contribution is -2.60. The average Bonchev–Trinajstić information content (AvgIpc) is 3.01. The van der Waals surface area contributed by atoms with Gasteiger partial charge >= 0.3 is 11.9 Å². The highest BCUT2D eigenvalue weighted by Gasteiger charge is 2.60. The minimum Gasteiger partial charge on any atom is -0.461 e. The molecule has 220 valence electrons. The number of nitriles is 1. The van der Waals surface area contributed by atoms with Gasteiger partial charge in [-0.15, -0.1) is 0 Å². The van der Waals surface area contributed by atoms with Crippen LogP contribution in [-0.2, 0) is 19.1 Å². The van der Waals surface area contributed by atoms with Crippen LogP contribution in [0.1, 0.15) is 43.4 Å². The molecule has 1 aliphatic heterocycles. The second kappa shape index (κ2) is 14.5. The molecule has 3 aromatic carbocycles. The van der Waals surface area contributed by atoms with E-state index in [1.54, 1.807) is 44.2 Å². The molecule has 0 radical (unpaired) electrons. The molecule has 3 aromatic rings. The molecule has 0 saturated carbocycles. The van der Waals surface area contributed by atoms with E-state index in [2.05, 4.69) is 11.4 Å². The Balaban J connectivity index is 1.71. The number of rotatable bonds is 10. The van der Waals surface area contributed by atoms with Crippen LogP contribution in [0, 0.1) is 22.7 Å². The maximum atomic E-state index is 14.2. The Labute approximate surface area is 258 Å². The number of hydrogen-bond acceptors (Lipinski definition) is 6. The first kappa shape index (κ1) is 31.3. The summed E-state index contributed by atoms with van der Waals surface area (Å²) in [7, 11) is 0. The third-order valence-electron chi connectivity index (χ3n) is 7.83. The number of hydrogen-bond donors (Lipinski definition) is 1. The molecule has 1 heterocycles. The van der Waals surface area contributed by atoms with Crippen molar-refractivity contribution in [2.45, 2.75) is 32.7 Å². The number of benzene rings is 3. The van der Waals surface area contributed by atoms with Gasteiger partial charge in [-0.3, -0.25) is 4.79 Å². The zero-order valence-electron chi connectivity index (χ0n) is 24.5. The topological polar surface area (TPSA) is 88.4 Å². The Kier molecular flexibility index (Phi) is 10.6. The van der Waals surface area contributed by atoms with Gasteiger partial charge in [0.05, 0.1) is 17.6 Å². The van der Waals surface area contributed by atoms with Crippen molar-refractivity contribution in [2.24, 2.45) is 11.3 Å². The zero-order chi connectivity index (χ0) is 30.8. The molecule has 0 aliphatic carbocycles. The number of carbonyl (C=O) groups is 2. The minimum absolute atomic E-state index is 0.00459. The summed E-state index contributed by atoms with van der Waals surface area (Å²) in [4.78, 5) is 28.0. The fraction of sp³-hybridized carbons (Fsp3) is 0.250. The predicted molar refractivity (Wildman–Crippen MR) is 170 cm³/mol. The molecule has 43 heavy (non-hydrogen) atoms. The molecule has 4 unspecified atom stereocenters. The van der Waals surface area contributed by atoms with Crippen molar-refractivity contribution in [1.29, 1.82) is 5.26 Å². The van der Waals surface area contributed by atoms with Crippen molar-refractivity contribution in [3.63, 3.8) is 0 Å². The SMILES string of the molecule is CC1=C(C(=O)OC/C=C/c2ccccc2)C(c2cccc(Cl)c2)C(C(=O)OC/C=C/c2ccccc2)(C(C)C#N)C(C)N1. The Morgan fingerprint density at radius 1 is 0.953 bits per heavy atom. The average molecular weight is 595 g/mol. The van der Waals surface area contributed by atoms with Crippen LogP contribution in [0.5, 0.6) is 0 Å². The lowest BCUT2D eigenvalue weighted by atomic mass is 9.57. The van der Waals surface area contributed by atoms with Crippen molar-refractivity contribution in [2.75, 3.05) is 13.2 Å². The first-order valence-electron chi connectivity index (χ1n) is 14.2. The maximum Gasteiger partial charge on any atom is 0.336 e. The van der Waals surface area contributed by atoms with Gasteiger partial charge in [0.2, 0.25) is 0 Å². The zero-order valence-corrected chi connectivity index (χ0v) is 25.3. The molecule has 0 spiro atoms. The van der Waals surface area contributed by atoms with Crippen LogP contribution in [0.3, 0.4) is 0 Å². The van der Waals surface area contributed by atoms with Gasteiger partial charge in [0.25, 0.3) is 0 Å². The number of esters is 2. The van der Waals surface area contributed by atoms with Gasteiger partial charge in [0.1, 0.15) is 18.6 Å². The quantitative estimate of drug-likeness (QED) is 0.247. The van der Waals surface area contributed by atoms with E-state index in [1.807, 2.05) is 85.8 Å². The second-order valence-corrected chi connectivity index (χ2v) is 10.9. The van der Waals surface area contributed by atoms with Gasteiger partial charge in [0, 0.05) is 22.7 Å². The number of ether oxygens (including phenoxy) is 2. The lowest BCUT2D eigenvalue weighted by molar-refractivity contribution is -0.161. The van der Waals surface area contributed by atoms with E-state index in [0.29, 0.717) is 16.3 Å². The van der Waals surface area contributed by atoms with Gasteiger partial charge in [-0.2, -0.15) is 5.26 Å². The van der Waals surface area contributed by atoms with Crippen LogP contribution >= 0.6 is 11.6 Å². The van der Waals surface area contributed by atoms with E-state index in [-0.39, 0.29) is 18.8 Å². The van der Waals surface area contributed by atoms with Crippen molar-refractivity contribution in [1.82, 2.24) is 5.32 Å². The summed E-state index contributed by atoms with van der Waals surface area (Å²) in [6.45, 7) is 5.32. The Morgan fingerprint density at radius 3 is 2.09 bits per heavy atom. The summed E-state index contributed by atoms with van der Waals surface area (Å²) < 4.78 is 11.6. The van der Waals surface area contributed by atoms with Crippen LogP contribution in [0.4, 0.5) is 0 Å². The molecule has 0 saturated heterocycles. The highest BCUT2D eigenvalue weighted by Crippen LogP contribution is 2.53. The molecule has 0 fully saturated rings. The molecule has 0 aromatic heterocycles. The molecule has 0 bridgehead atoms. The summed E-state index contributed by atoms with van der Waals surface area (Å²) in [5, 5.41) is 14.0. The third-order valence-corrected chi connectivity index (χ3v) is 8.06. The number of halogens is 1. The smallest absolute Gasteiger partial charge is 0.336 e. The van der Waals surface area contributed by atoms with E-state index < -0.39 is 35.2 Å². The molecule has 4 rings (SSSR count). The molecule has 0 amide bonds. The fourth-order valence-corrected chi connectivity index (χ4v) is 5.98. The molecule has 1 N–H and O–H groups in total. The summed E-state index contributed by atoms with van der Waals surface area (Å²) in [5.41, 5.74) is 1.90. The molecule has 6 nitrogen and oxygen atoms in total. The highest BCUT2D eigenvalue weighted by atomic mass is 35.5. The Hall–Kier alpha value is -4.60. The van der Waals surface area contributed by atoms with Crippen molar-refractivity contribution in [3.05, 3.63) is 130 Å². The largest absolute Gasteiger partial charge is 0.461 e. The summed E-state index contributed by atoms with van der Waals surface area (Å²) >= 11 is 6.42. The van der Waals surface area contributed by atoms with E-state index in [4.69, 9.17) is 21.1 Å². The van der Waals surface area contributed by atoms with Crippen LogP contribution in [0.25, 0.3) is 12.2 Å². The Bertz CT molecular complexity index is 1560. The minimum atomic E-state index is -1.48. The fourth-order valence-electron chi connectivity index (χ4n) is 5.78. The molecule has 4 atom stereocenters. The number of nitrogens with zero attached hydrogens (tertiary/aromatic N) is 1. The van der Waals surface area contributed by atoms with Crippen LogP contribution < -0.4 is 5.32 Å². The Morgan fingerprint density at radius 2 is 1.53 bits per heavy atom. The molecular weight excluding hydrogens is 560 g/mol. The highest BCUT2D eigenvalue weighted by molar-refractivity contribution is 6.30. The van der Waals surface area contributed by atoms with Gasteiger partial charge in [-0.05, 0) is 61.7 Å². The number of allylic oxidation sites excluding steroid dienone is 1. The van der Waals surface area contributed by atoms with Crippen molar-refractivity contribution in [3.8, 4) is 6.07 Å². The predicted octanol–water partition coefficient (Wildman–Crippen LogP) is 7.35. The van der Waals surface area contributed by atoms with E-state index in [9.17, 15) is 14.9 Å². The standard InChI is InChI=1S/C36H35ClN2O4/c1-25(24-38)36(35(41)43-22-12-18-29-15-8-5-9-16-29)27(3)39-26(2)32(33(36)30-19-10-20-31(37)23-30)34(40)42-21-11-17-28-13-6-4-7-14-28/h4-20,23,25,27,33,39H,21-22H2,1-3H3/b17-11+,18-12+. The van der Waals surface area contributed by atoms with Crippen LogP contribution in [0.15, 0.2) is 108 Å². The summed E-state index contributed by atoms with van der Waals surface area (Å²) in [6.07, 6.45) is 7.24. The molecular formula is C36H35ClN2O4. The van der Waals surface area contributed by atoms with Gasteiger partial charge in [-0.1, -0.05) is 96.5 Å². The van der Waals surface area contributed by atoms with Gasteiger partial charge in [0.15, 0.2) is 0 Å². The van der Waals surface area contributed by atoms with E-state index >= 15 is 0 Å².